The molecule has 4 aliphatic heterocycles. The molecule has 2 fully saturated rings. The zero-order chi connectivity index (χ0) is 28.3. The van der Waals surface area contributed by atoms with Crippen molar-refractivity contribution < 1.29 is 28.5 Å². The van der Waals surface area contributed by atoms with Gasteiger partial charge in [0.25, 0.3) is 11.8 Å². The van der Waals surface area contributed by atoms with Gasteiger partial charge in [-0.25, -0.2) is 0 Å². The summed E-state index contributed by atoms with van der Waals surface area (Å²) < 4.78 is 23.0. The number of fused-ring (bicyclic) bond motifs is 4. The molecular weight excluding hydrogens is 524 g/mol. The molecule has 10 heteroatoms. The van der Waals surface area contributed by atoms with E-state index in [2.05, 4.69) is 9.98 Å². The average Bonchev–Trinajstić information content (AvgIpc) is 3.53. The van der Waals surface area contributed by atoms with Gasteiger partial charge in [-0.05, 0) is 68.5 Å². The van der Waals surface area contributed by atoms with Gasteiger partial charge in [-0.1, -0.05) is 0 Å². The topological polar surface area (TPSA) is 102 Å². The molecule has 4 atom stereocenters. The van der Waals surface area contributed by atoms with E-state index in [1.807, 2.05) is 46.5 Å². The predicted molar refractivity (Wildman–Crippen MR) is 155 cm³/mol. The lowest BCUT2D eigenvalue weighted by molar-refractivity contribution is 0.0317. The summed E-state index contributed by atoms with van der Waals surface area (Å²) in [6.07, 6.45) is 7.96. The molecule has 41 heavy (non-hydrogen) atoms. The van der Waals surface area contributed by atoms with Crippen molar-refractivity contribution in [3.8, 4) is 11.5 Å². The summed E-state index contributed by atoms with van der Waals surface area (Å²) in [5.41, 5.74) is 2.47. The Morgan fingerprint density at radius 1 is 0.707 bits per heavy atom. The standard InChI is InChI=1S/C31H36N4O6/c1-38-20-6-8-24-22(16-20)30(36)34-12-10-28(26(34)18-32-24)40-14-4-3-5-15-41-29-11-13-35-27(29)19-33-25-9-7-21(39-2)17-23(25)31(35)37/h6-9,16-19,26-29H,3-5,10-15H2,1-2H3/t26-,27-,28?,29?/m0/s1. The average molecular weight is 561 g/mol. The number of ether oxygens (including phenoxy) is 4. The fourth-order valence-electron chi connectivity index (χ4n) is 6.09. The number of unbranched alkanes of at least 4 members (excludes halogenated alkanes) is 2. The highest BCUT2D eigenvalue weighted by atomic mass is 16.5. The van der Waals surface area contributed by atoms with Crippen molar-refractivity contribution in [3.05, 3.63) is 47.5 Å². The number of aliphatic imine (C=N–C) groups is 2. The Hall–Kier alpha value is -3.76. The monoisotopic (exact) mass is 560 g/mol. The third-order valence-electron chi connectivity index (χ3n) is 8.37. The van der Waals surface area contributed by atoms with Crippen LogP contribution in [0.3, 0.4) is 0 Å². The normalized spacial score (nSPS) is 24.4. The minimum atomic E-state index is -0.161. The van der Waals surface area contributed by atoms with Crippen LogP contribution in [0.15, 0.2) is 46.4 Å². The van der Waals surface area contributed by atoms with E-state index in [9.17, 15) is 9.59 Å². The van der Waals surface area contributed by atoms with E-state index < -0.39 is 0 Å². The highest BCUT2D eigenvalue weighted by Crippen LogP contribution is 2.34. The van der Waals surface area contributed by atoms with E-state index in [0.29, 0.717) is 60.3 Å². The van der Waals surface area contributed by atoms with Gasteiger partial charge in [-0.2, -0.15) is 0 Å². The van der Waals surface area contributed by atoms with Gasteiger partial charge in [0.15, 0.2) is 0 Å². The van der Waals surface area contributed by atoms with Crippen LogP contribution in [0.4, 0.5) is 11.4 Å². The number of methoxy groups -OCH3 is 2. The molecule has 0 spiro atoms. The van der Waals surface area contributed by atoms with E-state index in [0.717, 1.165) is 32.1 Å². The second-order valence-electron chi connectivity index (χ2n) is 10.8. The highest BCUT2D eigenvalue weighted by Gasteiger charge is 2.40. The number of carbonyl (C=O) groups is 2. The molecule has 4 heterocycles. The first-order valence-electron chi connectivity index (χ1n) is 14.4. The Bertz CT molecular complexity index is 1260. The van der Waals surface area contributed by atoms with E-state index in [4.69, 9.17) is 18.9 Å². The molecule has 10 nitrogen and oxygen atoms in total. The fourth-order valence-corrected chi connectivity index (χ4v) is 6.09. The molecule has 2 aromatic carbocycles. The van der Waals surface area contributed by atoms with Crippen LogP contribution >= 0.6 is 0 Å². The summed E-state index contributed by atoms with van der Waals surface area (Å²) >= 11 is 0. The second kappa shape index (κ2) is 12.0. The fraction of sp³-hybridized carbons (Fsp3) is 0.484. The number of rotatable bonds is 10. The largest absolute Gasteiger partial charge is 0.497 e. The molecule has 0 bridgehead atoms. The van der Waals surface area contributed by atoms with Crippen molar-refractivity contribution in [2.45, 2.75) is 56.4 Å². The lowest BCUT2D eigenvalue weighted by Crippen LogP contribution is -2.40. The van der Waals surface area contributed by atoms with Crippen molar-refractivity contribution >= 4 is 35.6 Å². The van der Waals surface area contributed by atoms with Crippen LogP contribution in [0.1, 0.15) is 52.8 Å². The Morgan fingerprint density at radius 2 is 1.17 bits per heavy atom. The number of amides is 2. The number of hydrogen-bond donors (Lipinski definition) is 0. The van der Waals surface area contributed by atoms with Crippen molar-refractivity contribution in [3.63, 3.8) is 0 Å². The smallest absolute Gasteiger partial charge is 0.256 e. The minimum Gasteiger partial charge on any atom is -0.497 e. The SMILES string of the molecule is COc1ccc2c(c1)C(=O)N1CCC(OCCCCCOC3CCN4C(=O)c5cc(OC)ccc5N=C[C@@H]34)[C@@H]1C=N2. The number of benzene rings is 2. The van der Waals surface area contributed by atoms with Crippen molar-refractivity contribution in [2.75, 3.05) is 40.5 Å². The third kappa shape index (κ3) is 5.46. The quantitative estimate of drug-likeness (QED) is 0.404. The van der Waals surface area contributed by atoms with Gasteiger partial charge in [-0.15, -0.1) is 0 Å². The van der Waals surface area contributed by atoms with Crippen LogP contribution in [0, 0.1) is 0 Å². The lowest BCUT2D eigenvalue weighted by Gasteiger charge is -2.24. The number of hydrogen-bond acceptors (Lipinski definition) is 8. The molecule has 0 saturated carbocycles. The summed E-state index contributed by atoms with van der Waals surface area (Å²) in [4.78, 5) is 39.3. The van der Waals surface area contributed by atoms with Gasteiger partial charge in [0.1, 0.15) is 11.5 Å². The van der Waals surface area contributed by atoms with Crippen molar-refractivity contribution in [1.29, 1.82) is 0 Å². The van der Waals surface area contributed by atoms with Gasteiger partial charge in [0, 0.05) is 38.7 Å². The molecule has 0 N–H and O–H groups in total. The molecule has 2 amide bonds. The van der Waals surface area contributed by atoms with E-state index in [1.165, 1.54) is 0 Å². The molecular formula is C31H36N4O6. The summed E-state index contributed by atoms with van der Waals surface area (Å²) in [6.45, 7) is 2.55. The second-order valence-corrected chi connectivity index (χ2v) is 10.8. The molecule has 6 rings (SSSR count). The maximum atomic E-state index is 13.2. The Kier molecular flexibility index (Phi) is 8.02. The molecule has 0 aromatic heterocycles. The van der Waals surface area contributed by atoms with Crippen LogP contribution < -0.4 is 9.47 Å². The molecule has 0 radical (unpaired) electrons. The van der Waals surface area contributed by atoms with Crippen molar-refractivity contribution in [1.82, 2.24) is 9.80 Å². The first-order chi connectivity index (χ1) is 20.1. The predicted octanol–water partition coefficient (Wildman–Crippen LogP) is 4.21. The summed E-state index contributed by atoms with van der Waals surface area (Å²) in [5, 5.41) is 0. The number of carbonyl (C=O) groups excluding carboxylic acids is 2. The molecule has 2 aromatic rings. The zero-order valence-electron chi connectivity index (χ0n) is 23.5. The van der Waals surface area contributed by atoms with Gasteiger partial charge < -0.3 is 28.7 Å². The number of nitrogens with zero attached hydrogens (tertiary/aromatic N) is 4. The van der Waals surface area contributed by atoms with E-state index in [-0.39, 0.29) is 36.1 Å². The van der Waals surface area contributed by atoms with Crippen LogP contribution in [0.25, 0.3) is 0 Å². The Labute approximate surface area is 239 Å². The lowest BCUT2D eigenvalue weighted by atomic mass is 10.1. The van der Waals surface area contributed by atoms with Crippen LogP contribution in [-0.2, 0) is 9.47 Å². The molecule has 2 saturated heterocycles. The highest BCUT2D eigenvalue weighted by molar-refractivity contribution is 6.04. The van der Waals surface area contributed by atoms with Gasteiger partial charge in [0.05, 0.1) is 61.0 Å². The molecule has 216 valence electrons. The van der Waals surface area contributed by atoms with Gasteiger partial charge in [-0.3, -0.25) is 19.6 Å². The maximum absolute atomic E-state index is 13.2. The maximum Gasteiger partial charge on any atom is 0.256 e. The van der Waals surface area contributed by atoms with Crippen LogP contribution in [0.5, 0.6) is 11.5 Å². The van der Waals surface area contributed by atoms with Crippen LogP contribution in [0.2, 0.25) is 0 Å². The molecule has 2 unspecified atom stereocenters. The van der Waals surface area contributed by atoms with Gasteiger partial charge >= 0.3 is 0 Å². The third-order valence-corrected chi connectivity index (χ3v) is 8.37. The van der Waals surface area contributed by atoms with E-state index in [1.54, 1.807) is 26.4 Å². The van der Waals surface area contributed by atoms with E-state index >= 15 is 0 Å². The zero-order valence-corrected chi connectivity index (χ0v) is 23.5. The molecule has 0 aliphatic carbocycles. The van der Waals surface area contributed by atoms with Crippen molar-refractivity contribution in [2.24, 2.45) is 9.98 Å². The first kappa shape index (κ1) is 27.4. The van der Waals surface area contributed by atoms with Gasteiger partial charge in [0.2, 0.25) is 0 Å². The summed E-state index contributed by atoms with van der Waals surface area (Å²) in [6, 6.07) is 10.5. The van der Waals surface area contributed by atoms with Crippen LogP contribution in [-0.4, -0.2) is 98.9 Å². The summed E-state index contributed by atoms with van der Waals surface area (Å²) in [5.74, 6) is 1.24. The Balaban J connectivity index is 0.935. The minimum absolute atomic E-state index is 0.0286. The Morgan fingerprint density at radius 3 is 1.61 bits per heavy atom. The first-order valence-corrected chi connectivity index (χ1v) is 14.4. The summed E-state index contributed by atoms with van der Waals surface area (Å²) in [7, 11) is 3.18. The molecule has 4 aliphatic rings.